The van der Waals surface area contributed by atoms with Crippen LogP contribution in [0.2, 0.25) is 0 Å². The van der Waals surface area contributed by atoms with Crippen molar-refractivity contribution in [2.75, 3.05) is 0 Å². The second-order valence-electron chi connectivity index (χ2n) is 5.12. The molecule has 1 heterocycles. The van der Waals surface area contributed by atoms with Crippen molar-refractivity contribution in [3.63, 3.8) is 0 Å². The van der Waals surface area contributed by atoms with Crippen LogP contribution in [0.25, 0.3) is 0 Å². The molecule has 1 nitrogen and oxygen atoms in total. The summed E-state index contributed by atoms with van der Waals surface area (Å²) in [7, 11) is 0. The Hall–Kier alpha value is -0.0400. The predicted molar refractivity (Wildman–Crippen MR) is 61.6 cm³/mol. The maximum atomic E-state index is 5.55. The Morgan fingerprint density at radius 3 is 1.93 bits per heavy atom. The topological polar surface area (TPSA) is 12.5 Å². The number of hydrogen-bond acceptors (Lipinski definition) is 1. The quantitative estimate of drug-likeness (QED) is 0.418. The van der Waals surface area contributed by atoms with Gasteiger partial charge in [0.15, 0.2) is 0 Å². The van der Waals surface area contributed by atoms with E-state index in [-0.39, 0.29) is 5.60 Å². The standard InChI is InChI=1S/C13H26O/c1-4-5-6-7-8-9-10-11-12-13(2,3)14-12/h12H,4-11H2,1-3H3. The summed E-state index contributed by atoms with van der Waals surface area (Å²) in [5.74, 6) is 0. The fraction of sp³-hybridized carbons (Fsp3) is 1.00. The molecule has 0 aromatic heterocycles. The van der Waals surface area contributed by atoms with Gasteiger partial charge in [-0.1, -0.05) is 51.9 Å². The van der Waals surface area contributed by atoms with Crippen molar-refractivity contribution in [1.82, 2.24) is 0 Å². The minimum atomic E-state index is 0.211. The largest absolute Gasteiger partial charge is 0.367 e. The van der Waals surface area contributed by atoms with Crippen LogP contribution in [0.3, 0.4) is 0 Å². The molecule has 1 saturated heterocycles. The lowest BCUT2D eigenvalue weighted by Crippen LogP contribution is -2.02. The molecule has 0 saturated carbocycles. The van der Waals surface area contributed by atoms with E-state index in [2.05, 4.69) is 20.8 Å². The average molecular weight is 198 g/mol. The van der Waals surface area contributed by atoms with E-state index in [4.69, 9.17) is 4.74 Å². The number of unbranched alkanes of at least 4 members (excludes halogenated alkanes) is 6. The lowest BCUT2D eigenvalue weighted by atomic mass is 10.0. The van der Waals surface area contributed by atoms with Crippen LogP contribution in [0, 0.1) is 0 Å². The molecule has 84 valence electrons. The Kier molecular flexibility index (Phi) is 4.94. The molecule has 0 aromatic rings. The van der Waals surface area contributed by atoms with E-state index in [0.717, 1.165) is 0 Å². The van der Waals surface area contributed by atoms with E-state index < -0.39 is 0 Å². The molecule has 0 N–H and O–H groups in total. The third-order valence-electron chi connectivity index (χ3n) is 3.23. The summed E-state index contributed by atoms with van der Waals surface area (Å²) in [4.78, 5) is 0. The summed E-state index contributed by atoms with van der Waals surface area (Å²) in [6, 6.07) is 0. The number of hydrogen-bond donors (Lipinski definition) is 0. The van der Waals surface area contributed by atoms with E-state index in [0.29, 0.717) is 6.10 Å². The Bertz CT molecular complexity index is 151. The van der Waals surface area contributed by atoms with Crippen molar-refractivity contribution in [2.24, 2.45) is 0 Å². The molecule has 1 unspecified atom stereocenters. The first-order chi connectivity index (χ1) is 6.67. The van der Waals surface area contributed by atoms with E-state index in [9.17, 15) is 0 Å². The van der Waals surface area contributed by atoms with Gasteiger partial charge in [0.1, 0.15) is 0 Å². The Balaban J connectivity index is 1.77. The van der Waals surface area contributed by atoms with Gasteiger partial charge in [-0.2, -0.15) is 0 Å². The van der Waals surface area contributed by atoms with Gasteiger partial charge in [0.25, 0.3) is 0 Å². The van der Waals surface area contributed by atoms with Gasteiger partial charge in [-0.05, 0) is 20.3 Å². The summed E-state index contributed by atoms with van der Waals surface area (Å²) in [6.07, 6.45) is 11.7. The molecule has 0 aliphatic carbocycles. The molecule has 0 spiro atoms. The Morgan fingerprint density at radius 1 is 0.929 bits per heavy atom. The smallest absolute Gasteiger partial charge is 0.0892 e. The molecular weight excluding hydrogens is 172 g/mol. The predicted octanol–water partition coefficient (Wildman–Crippen LogP) is 4.30. The highest BCUT2D eigenvalue weighted by atomic mass is 16.6. The second-order valence-corrected chi connectivity index (χ2v) is 5.12. The SMILES string of the molecule is CCCCCCCCCC1OC1(C)C. The molecule has 1 fully saturated rings. The van der Waals surface area contributed by atoms with Gasteiger partial charge >= 0.3 is 0 Å². The van der Waals surface area contributed by atoms with Gasteiger partial charge in [-0.25, -0.2) is 0 Å². The maximum absolute atomic E-state index is 5.55. The summed E-state index contributed by atoms with van der Waals surface area (Å²) in [5, 5.41) is 0. The lowest BCUT2D eigenvalue weighted by Gasteiger charge is -2.00. The van der Waals surface area contributed by atoms with Gasteiger partial charge in [-0.3, -0.25) is 0 Å². The summed E-state index contributed by atoms with van der Waals surface area (Å²) in [6.45, 7) is 6.66. The zero-order chi connectivity index (χ0) is 10.4. The highest BCUT2D eigenvalue weighted by Crippen LogP contribution is 2.38. The van der Waals surface area contributed by atoms with Gasteiger partial charge in [0.05, 0.1) is 11.7 Å². The Labute approximate surface area is 89.2 Å². The van der Waals surface area contributed by atoms with E-state index in [1.165, 1.54) is 51.4 Å². The molecule has 1 atom stereocenters. The molecule has 14 heavy (non-hydrogen) atoms. The van der Waals surface area contributed by atoms with Gasteiger partial charge in [0, 0.05) is 0 Å². The molecule has 1 aliphatic rings. The minimum absolute atomic E-state index is 0.211. The highest BCUT2D eigenvalue weighted by Gasteiger charge is 2.46. The highest BCUT2D eigenvalue weighted by molar-refractivity contribution is 4.94. The van der Waals surface area contributed by atoms with E-state index >= 15 is 0 Å². The van der Waals surface area contributed by atoms with Crippen molar-refractivity contribution >= 4 is 0 Å². The zero-order valence-electron chi connectivity index (χ0n) is 10.1. The van der Waals surface area contributed by atoms with Crippen molar-refractivity contribution in [2.45, 2.75) is 83.8 Å². The minimum Gasteiger partial charge on any atom is -0.367 e. The van der Waals surface area contributed by atoms with Crippen LogP contribution in [0.15, 0.2) is 0 Å². The van der Waals surface area contributed by atoms with Crippen molar-refractivity contribution in [3.05, 3.63) is 0 Å². The molecule has 0 bridgehead atoms. The lowest BCUT2D eigenvalue weighted by molar-refractivity contribution is 0.317. The molecule has 1 heteroatoms. The van der Waals surface area contributed by atoms with Crippen LogP contribution in [0.1, 0.15) is 72.1 Å². The summed E-state index contributed by atoms with van der Waals surface area (Å²) < 4.78 is 5.55. The van der Waals surface area contributed by atoms with Gasteiger partial charge in [0.2, 0.25) is 0 Å². The van der Waals surface area contributed by atoms with E-state index in [1.807, 2.05) is 0 Å². The molecule has 0 aromatic carbocycles. The van der Waals surface area contributed by atoms with Crippen LogP contribution >= 0.6 is 0 Å². The van der Waals surface area contributed by atoms with Crippen molar-refractivity contribution in [1.29, 1.82) is 0 Å². The van der Waals surface area contributed by atoms with Crippen molar-refractivity contribution in [3.8, 4) is 0 Å². The average Bonchev–Trinajstić information content (AvgIpc) is 2.73. The van der Waals surface area contributed by atoms with Crippen LogP contribution < -0.4 is 0 Å². The molecule has 0 amide bonds. The first-order valence-corrected chi connectivity index (χ1v) is 6.34. The van der Waals surface area contributed by atoms with Crippen LogP contribution in [-0.4, -0.2) is 11.7 Å². The molecular formula is C13H26O. The zero-order valence-corrected chi connectivity index (χ0v) is 10.1. The first kappa shape index (κ1) is 12.0. The maximum Gasteiger partial charge on any atom is 0.0892 e. The number of ether oxygens (including phenoxy) is 1. The van der Waals surface area contributed by atoms with Gasteiger partial charge < -0.3 is 4.74 Å². The van der Waals surface area contributed by atoms with Crippen LogP contribution in [0.5, 0.6) is 0 Å². The van der Waals surface area contributed by atoms with Crippen molar-refractivity contribution < 1.29 is 4.74 Å². The number of epoxide rings is 1. The molecule has 0 radical (unpaired) electrons. The fourth-order valence-electron chi connectivity index (χ4n) is 2.03. The normalized spacial score (nSPS) is 23.8. The third kappa shape index (κ3) is 4.45. The van der Waals surface area contributed by atoms with Gasteiger partial charge in [-0.15, -0.1) is 0 Å². The second kappa shape index (κ2) is 5.75. The Morgan fingerprint density at radius 2 is 1.43 bits per heavy atom. The summed E-state index contributed by atoms with van der Waals surface area (Å²) >= 11 is 0. The third-order valence-corrected chi connectivity index (χ3v) is 3.23. The molecule has 1 aliphatic heterocycles. The monoisotopic (exact) mass is 198 g/mol. The fourth-order valence-corrected chi connectivity index (χ4v) is 2.03. The van der Waals surface area contributed by atoms with Crippen LogP contribution in [0.4, 0.5) is 0 Å². The van der Waals surface area contributed by atoms with Crippen LogP contribution in [-0.2, 0) is 4.74 Å². The number of rotatable bonds is 8. The summed E-state index contributed by atoms with van der Waals surface area (Å²) in [5.41, 5.74) is 0.211. The first-order valence-electron chi connectivity index (χ1n) is 6.34. The van der Waals surface area contributed by atoms with E-state index in [1.54, 1.807) is 0 Å². The molecule has 1 rings (SSSR count).